The smallest absolute Gasteiger partial charge is 0.353 e. The van der Waals surface area contributed by atoms with Crippen molar-refractivity contribution in [1.29, 1.82) is 0 Å². The van der Waals surface area contributed by atoms with Crippen LogP contribution in [0.5, 0.6) is 0 Å². The minimum absolute atomic E-state index is 0.0399. The Balaban J connectivity index is 2.28. The molecule has 2 nitrogen and oxygen atoms in total. The Bertz CT molecular complexity index is 901. The Morgan fingerprint density at radius 1 is 1.20 bits per heavy atom. The molecule has 0 fully saturated rings. The molecule has 3 rings (SSSR count). The number of thiophene rings is 1. The summed E-state index contributed by atoms with van der Waals surface area (Å²) in [5.41, 5.74) is 6.39. The maximum atomic E-state index is 13.4. The van der Waals surface area contributed by atoms with Crippen molar-refractivity contribution in [1.82, 2.24) is 4.98 Å². The van der Waals surface area contributed by atoms with Crippen LogP contribution in [0.1, 0.15) is 24.0 Å². The zero-order valence-electron chi connectivity index (χ0n) is 13.0. The van der Waals surface area contributed by atoms with E-state index >= 15 is 0 Å². The van der Waals surface area contributed by atoms with E-state index in [0.717, 1.165) is 33.8 Å². The summed E-state index contributed by atoms with van der Waals surface area (Å²) in [6.45, 7) is 0.544. The van der Waals surface area contributed by atoms with E-state index in [1.165, 1.54) is 17.4 Å². The van der Waals surface area contributed by atoms with Gasteiger partial charge in [-0.25, -0.2) is 0 Å². The second kappa shape index (κ2) is 7.31. The lowest BCUT2D eigenvalue weighted by Crippen LogP contribution is -2.05. The van der Waals surface area contributed by atoms with Gasteiger partial charge in [-0.2, -0.15) is 13.2 Å². The number of nitrogens with two attached hydrogens (primary N) is 1. The third-order valence-corrected chi connectivity index (χ3v) is 6.21. The van der Waals surface area contributed by atoms with Crippen molar-refractivity contribution in [3.05, 3.63) is 44.2 Å². The first kappa shape index (κ1) is 18.8. The average molecular weight is 452 g/mol. The Kier molecular flexibility index (Phi) is 5.48. The zero-order chi connectivity index (χ0) is 18.2. The molecule has 0 saturated heterocycles. The fourth-order valence-corrected chi connectivity index (χ4v) is 4.80. The van der Waals surface area contributed by atoms with Gasteiger partial charge in [0.15, 0.2) is 0 Å². The van der Waals surface area contributed by atoms with E-state index in [0.29, 0.717) is 29.1 Å². The van der Waals surface area contributed by atoms with Gasteiger partial charge in [-0.3, -0.25) is 0 Å². The van der Waals surface area contributed by atoms with Gasteiger partial charge in [0.1, 0.15) is 0 Å². The van der Waals surface area contributed by atoms with Crippen LogP contribution >= 0.6 is 38.9 Å². The van der Waals surface area contributed by atoms with Crippen LogP contribution in [0.25, 0.3) is 21.5 Å². The molecule has 0 bridgehead atoms. The van der Waals surface area contributed by atoms with Crippen molar-refractivity contribution in [2.45, 2.75) is 25.4 Å². The SMILES string of the molecule is NCCCCc1c(-c2sccc2Br)[nH]c2c(C(F)(F)F)ccc(Cl)c12. The molecule has 0 aliphatic heterocycles. The van der Waals surface area contributed by atoms with Crippen LogP contribution in [-0.2, 0) is 12.6 Å². The summed E-state index contributed by atoms with van der Waals surface area (Å²) in [6, 6.07) is 4.22. The first-order valence-electron chi connectivity index (χ1n) is 7.68. The van der Waals surface area contributed by atoms with Gasteiger partial charge in [-0.1, -0.05) is 11.6 Å². The Hall–Kier alpha value is -1.02. The van der Waals surface area contributed by atoms with Crippen LogP contribution < -0.4 is 5.73 Å². The number of halogens is 5. The van der Waals surface area contributed by atoms with E-state index in [4.69, 9.17) is 17.3 Å². The topological polar surface area (TPSA) is 41.8 Å². The lowest BCUT2D eigenvalue weighted by Gasteiger charge is -2.09. The Labute approximate surface area is 160 Å². The number of aryl methyl sites for hydroxylation is 1. The van der Waals surface area contributed by atoms with Crippen molar-refractivity contribution in [3.8, 4) is 10.6 Å². The summed E-state index contributed by atoms with van der Waals surface area (Å²) in [5, 5.41) is 2.66. The van der Waals surface area contributed by atoms with Crippen molar-refractivity contribution < 1.29 is 13.2 Å². The molecule has 0 amide bonds. The predicted octanol–water partition coefficient (Wildman–Crippen LogP) is 6.61. The number of hydrogen-bond donors (Lipinski definition) is 2. The number of alkyl halides is 3. The average Bonchev–Trinajstić information content (AvgIpc) is 3.11. The largest absolute Gasteiger partial charge is 0.418 e. The number of rotatable bonds is 5. The van der Waals surface area contributed by atoms with E-state index < -0.39 is 11.7 Å². The molecule has 0 saturated carbocycles. The molecule has 2 aromatic heterocycles. The lowest BCUT2D eigenvalue weighted by atomic mass is 10.0. The van der Waals surface area contributed by atoms with Crippen LogP contribution in [0.4, 0.5) is 13.2 Å². The molecule has 0 atom stereocenters. The maximum Gasteiger partial charge on any atom is 0.418 e. The number of hydrogen-bond acceptors (Lipinski definition) is 2. The molecule has 134 valence electrons. The monoisotopic (exact) mass is 450 g/mol. The molecular weight excluding hydrogens is 437 g/mol. The lowest BCUT2D eigenvalue weighted by molar-refractivity contribution is -0.136. The molecule has 3 N–H and O–H groups in total. The van der Waals surface area contributed by atoms with Crippen LogP contribution in [-0.4, -0.2) is 11.5 Å². The number of benzene rings is 1. The molecule has 1 aromatic carbocycles. The van der Waals surface area contributed by atoms with Crippen LogP contribution in [0.2, 0.25) is 5.02 Å². The van der Waals surface area contributed by atoms with Crippen molar-refractivity contribution in [2.75, 3.05) is 6.54 Å². The van der Waals surface area contributed by atoms with Gasteiger partial charge in [0.2, 0.25) is 0 Å². The van der Waals surface area contributed by atoms with Gasteiger partial charge in [0.05, 0.1) is 26.7 Å². The van der Waals surface area contributed by atoms with E-state index in [-0.39, 0.29) is 5.52 Å². The molecule has 8 heteroatoms. The third-order valence-electron chi connectivity index (χ3n) is 4.04. The van der Waals surface area contributed by atoms with Gasteiger partial charge >= 0.3 is 6.18 Å². The molecular formula is C17H15BrClF3N2S. The van der Waals surface area contributed by atoms with Crippen LogP contribution in [0.3, 0.4) is 0 Å². The number of H-pyrrole nitrogens is 1. The number of fused-ring (bicyclic) bond motifs is 1. The molecule has 0 unspecified atom stereocenters. The van der Waals surface area contributed by atoms with E-state index in [2.05, 4.69) is 20.9 Å². The maximum absolute atomic E-state index is 13.4. The highest BCUT2D eigenvalue weighted by Crippen LogP contribution is 2.44. The Morgan fingerprint density at radius 3 is 2.56 bits per heavy atom. The highest BCUT2D eigenvalue weighted by molar-refractivity contribution is 9.10. The van der Waals surface area contributed by atoms with Crippen LogP contribution in [0, 0.1) is 0 Å². The standard InChI is InChI=1S/C17H15BrClF3N2S/c18-11-6-8-25-16(11)14-9(3-1-2-7-23)13-12(19)5-4-10(15(13)24-14)17(20,21)22/h4-6,8,24H,1-3,7,23H2. The summed E-state index contributed by atoms with van der Waals surface area (Å²) in [5.74, 6) is 0. The van der Waals surface area contributed by atoms with Gasteiger partial charge in [-0.15, -0.1) is 11.3 Å². The number of aromatic nitrogens is 1. The molecule has 2 heterocycles. The summed E-state index contributed by atoms with van der Waals surface area (Å²) < 4.78 is 41.1. The summed E-state index contributed by atoms with van der Waals surface area (Å²) in [6.07, 6.45) is -2.26. The zero-order valence-corrected chi connectivity index (χ0v) is 16.2. The highest BCUT2D eigenvalue weighted by Gasteiger charge is 2.35. The first-order valence-corrected chi connectivity index (χ1v) is 9.73. The molecule has 0 spiro atoms. The molecule has 25 heavy (non-hydrogen) atoms. The van der Waals surface area contributed by atoms with Crippen molar-refractivity contribution in [2.24, 2.45) is 5.73 Å². The second-order valence-corrected chi connectivity index (χ2v) is 7.84. The molecule has 0 aliphatic carbocycles. The van der Waals surface area contributed by atoms with E-state index in [1.807, 2.05) is 11.4 Å². The summed E-state index contributed by atoms with van der Waals surface area (Å²) >= 11 is 11.2. The Morgan fingerprint density at radius 2 is 1.96 bits per heavy atom. The molecule has 3 aromatic rings. The normalized spacial score (nSPS) is 12.2. The fraction of sp³-hybridized carbons (Fsp3) is 0.294. The van der Waals surface area contributed by atoms with Crippen LogP contribution in [0.15, 0.2) is 28.1 Å². The number of aromatic amines is 1. The molecule has 0 aliphatic rings. The van der Waals surface area contributed by atoms with Gasteiger partial charge < -0.3 is 10.7 Å². The number of unbranched alkanes of at least 4 members (excludes halogenated alkanes) is 1. The highest BCUT2D eigenvalue weighted by atomic mass is 79.9. The van der Waals surface area contributed by atoms with Crippen molar-refractivity contribution >= 4 is 49.8 Å². The predicted molar refractivity (Wildman–Crippen MR) is 101 cm³/mol. The van der Waals surface area contributed by atoms with E-state index in [1.54, 1.807) is 0 Å². The molecule has 0 radical (unpaired) electrons. The van der Waals surface area contributed by atoms with Crippen molar-refractivity contribution in [3.63, 3.8) is 0 Å². The summed E-state index contributed by atoms with van der Waals surface area (Å²) in [7, 11) is 0. The minimum atomic E-state index is -4.45. The van der Waals surface area contributed by atoms with E-state index in [9.17, 15) is 13.2 Å². The third kappa shape index (κ3) is 3.60. The quantitative estimate of drug-likeness (QED) is 0.421. The second-order valence-electron chi connectivity index (χ2n) is 5.66. The minimum Gasteiger partial charge on any atom is -0.353 e. The van der Waals surface area contributed by atoms with Gasteiger partial charge in [0, 0.05) is 9.86 Å². The summed E-state index contributed by atoms with van der Waals surface area (Å²) in [4.78, 5) is 3.86. The van der Waals surface area contributed by atoms with Gasteiger partial charge in [0.25, 0.3) is 0 Å². The fourth-order valence-electron chi connectivity index (χ4n) is 2.93. The first-order chi connectivity index (χ1) is 11.8. The number of nitrogens with one attached hydrogen (secondary N) is 1. The van der Waals surface area contributed by atoms with Gasteiger partial charge in [-0.05, 0) is 70.9 Å².